The van der Waals surface area contributed by atoms with Gasteiger partial charge in [0.05, 0.1) is 0 Å². The SMILES string of the molecule is C\C=C/C=C\C=C\CN(C)CCCN(C(=O)OC(C)(C)C)[C@@H](C)CC1=C(O)C=CC=CC1. The molecule has 1 aliphatic rings. The molecule has 0 saturated carbocycles. The second kappa shape index (κ2) is 14.5. The molecule has 0 aromatic carbocycles. The minimum Gasteiger partial charge on any atom is -0.508 e. The third-order valence-electron chi connectivity index (χ3n) is 4.95. The van der Waals surface area contributed by atoms with Crippen molar-refractivity contribution in [1.82, 2.24) is 9.80 Å². The molecule has 0 radical (unpaired) electrons. The Hall–Kier alpha value is -2.53. The van der Waals surface area contributed by atoms with E-state index in [2.05, 4.69) is 18.0 Å². The highest BCUT2D eigenvalue weighted by molar-refractivity contribution is 5.68. The van der Waals surface area contributed by atoms with E-state index in [1.54, 1.807) is 11.0 Å². The van der Waals surface area contributed by atoms with Gasteiger partial charge in [-0.3, -0.25) is 0 Å². The average molecular weight is 443 g/mol. The number of allylic oxidation sites excluding steroid dienone is 9. The number of hydrogen-bond acceptors (Lipinski definition) is 4. The topological polar surface area (TPSA) is 53.0 Å². The van der Waals surface area contributed by atoms with Crippen molar-refractivity contribution >= 4 is 6.09 Å². The van der Waals surface area contributed by atoms with Gasteiger partial charge in [-0.1, -0.05) is 54.7 Å². The molecular weight excluding hydrogens is 400 g/mol. The molecule has 0 unspecified atom stereocenters. The lowest BCUT2D eigenvalue weighted by Gasteiger charge is -2.32. The largest absolute Gasteiger partial charge is 0.508 e. The second-order valence-electron chi connectivity index (χ2n) is 9.16. The molecule has 5 heteroatoms. The van der Waals surface area contributed by atoms with Crippen LogP contribution in [0.5, 0.6) is 0 Å². The smallest absolute Gasteiger partial charge is 0.410 e. The van der Waals surface area contributed by atoms with Crippen molar-refractivity contribution in [3.8, 4) is 0 Å². The molecule has 1 amide bonds. The summed E-state index contributed by atoms with van der Waals surface area (Å²) >= 11 is 0. The van der Waals surface area contributed by atoms with Crippen LogP contribution < -0.4 is 0 Å². The first-order valence-corrected chi connectivity index (χ1v) is 11.5. The van der Waals surface area contributed by atoms with Crippen LogP contribution in [-0.2, 0) is 4.74 Å². The van der Waals surface area contributed by atoms with Crippen LogP contribution in [0.1, 0.15) is 53.9 Å². The van der Waals surface area contributed by atoms with Gasteiger partial charge in [0.1, 0.15) is 11.4 Å². The summed E-state index contributed by atoms with van der Waals surface area (Å²) in [4.78, 5) is 17.0. The van der Waals surface area contributed by atoms with Gasteiger partial charge in [-0.2, -0.15) is 0 Å². The number of likely N-dealkylation sites (N-methyl/N-ethyl adjacent to an activating group) is 1. The van der Waals surface area contributed by atoms with Crippen LogP contribution in [0.25, 0.3) is 0 Å². The Labute approximate surface area is 195 Å². The molecular formula is C27H42N2O3. The summed E-state index contributed by atoms with van der Waals surface area (Å²) in [6.07, 6.45) is 21.5. The van der Waals surface area contributed by atoms with Gasteiger partial charge in [0.2, 0.25) is 0 Å². The van der Waals surface area contributed by atoms with Gasteiger partial charge in [-0.25, -0.2) is 4.79 Å². The highest BCUT2D eigenvalue weighted by Crippen LogP contribution is 2.22. The Bertz CT molecular complexity index is 751. The van der Waals surface area contributed by atoms with Crippen LogP contribution in [0.4, 0.5) is 4.79 Å². The summed E-state index contributed by atoms with van der Waals surface area (Å²) in [6.45, 7) is 12.0. The molecule has 0 saturated heterocycles. The molecule has 0 aromatic heterocycles. The highest BCUT2D eigenvalue weighted by Gasteiger charge is 2.26. The van der Waals surface area contributed by atoms with E-state index < -0.39 is 5.60 Å². The number of rotatable bonds is 11. The number of ether oxygens (including phenoxy) is 1. The zero-order valence-corrected chi connectivity index (χ0v) is 20.8. The van der Waals surface area contributed by atoms with Crippen molar-refractivity contribution in [2.45, 2.75) is 65.5 Å². The summed E-state index contributed by atoms with van der Waals surface area (Å²) in [7, 11) is 2.08. The molecule has 0 fully saturated rings. The third kappa shape index (κ3) is 11.8. The van der Waals surface area contributed by atoms with E-state index in [0.29, 0.717) is 25.1 Å². The summed E-state index contributed by atoms with van der Waals surface area (Å²) in [5.74, 6) is 0.293. The Morgan fingerprint density at radius 2 is 1.91 bits per heavy atom. The molecule has 1 rings (SSSR count). The number of aliphatic hydroxyl groups excluding tert-OH is 1. The Balaban J connectivity index is 2.70. The molecule has 1 N–H and O–H groups in total. The predicted molar refractivity (Wildman–Crippen MR) is 135 cm³/mol. The van der Waals surface area contributed by atoms with Crippen LogP contribution in [0, 0.1) is 0 Å². The van der Waals surface area contributed by atoms with E-state index >= 15 is 0 Å². The number of nitrogens with zero attached hydrogens (tertiary/aromatic N) is 2. The normalized spacial score (nSPS) is 16.0. The Morgan fingerprint density at radius 3 is 2.59 bits per heavy atom. The maximum atomic E-state index is 12.9. The van der Waals surface area contributed by atoms with Crippen molar-refractivity contribution in [2.24, 2.45) is 0 Å². The van der Waals surface area contributed by atoms with Gasteiger partial charge in [0.25, 0.3) is 0 Å². The number of carbonyl (C=O) groups excluding carboxylic acids is 1. The van der Waals surface area contributed by atoms with Crippen molar-refractivity contribution in [1.29, 1.82) is 0 Å². The molecule has 0 aromatic rings. The molecule has 0 spiro atoms. The highest BCUT2D eigenvalue weighted by atomic mass is 16.6. The van der Waals surface area contributed by atoms with E-state index in [4.69, 9.17) is 4.74 Å². The van der Waals surface area contributed by atoms with E-state index in [1.807, 2.05) is 83.2 Å². The number of hydrogen-bond donors (Lipinski definition) is 1. The monoisotopic (exact) mass is 442 g/mol. The number of aliphatic hydroxyl groups is 1. The molecule has 178 valence electrons. The lowest BCUT2D eigenvalue weighted by atomic mass is 10.0. The van der Waals surface area contributed by atoms with E-state index in [1.165, 1.54) is 0 Å². The number of carbonyl (C=O) groups is 1. The van der Waals surface area contributed by atoms with Gasteiger partial charge in [-0.05, 0) is 79.1 Å². The van der Waals surface area contributed by atoms with Crippen molar-refractivity contribution in [3.05, 3.63) is 72.1 Å². The van der Waals surface area contributed by atoms with Crippen LogP contribution >= 0.6 is 0 Å². The van der Waals surface area contributed by atoms with Crippen LogP contribution in [0.2, 0.25) is 0 Å². The maximum Gasteiger partial charge on any atom is 0.410 e. The third-order valence-corrected chi connectivity index (χ3v) is 4.95. The van der Waals surface area contributed by atoms with Crippen LogP contribution in [0.15, 0.2) is 72.1 Å². The van der Waals surface area contributed by atoms with Crippen molar-refractivity contribution in [3.63, 3.8) is 0 Å². The second-order valence-corrected chi connectivity index (χ2v) is 9.16. The summed E-state index contributed by atoms with van der Waals surface area (Å²) in [6, 6.07) is -0.0798. The molecule has 32 heavy (non-hydrogen) atoms. The van der Waals surface area contributed by atoms with E-state index in [9.17, 15) is 9.90 Å². The van der Waals surface area contributed by atoms with E-state index in [-0.39, 0.29) is 12.1 Å². The minimum absolute atomic E-state index is 0.0798. The lowest BCUT2D eigenvalue weighted by molar-refractivity contribution is 0.0168. The fraction of sp³-hybridized carbons (Fsp3) is 0.519. The summed E-state index contributed by atoms with van der Waals surface area (Å²) in [5.41, 5.74) is 0.385. The first kappa shape index (κ1) is 27.5. The van der Waals surface area contributed by atoms with E-state index in [0.717, 1.165) is 25.1 Å². The van der Waals surface area contributed by atoms with Gasteiger partial charge < -0.3 is 19.6 Å². The first-order chi connectivity index (χ1) is 15.1. The van der Waals surface area contributed by atoms with Crippen molar-refractivity contribution < 1.29 is 14.6 Å². The average Bonchev–Trinajstić information content (AvgIpc) is 2.90. The van der Waals surface area contributed by atoms with Crippen LogP contribution in [-0.4, -0.2) is 59.3 Å². The van der Waals surface area contributed by atoms with Gasteiger partial charge in [0, 0.05) is 19.1 Å². The molecule has 0 bridgehead atoms. The predicted octanol–water partition coefficient (Wildman–Crippen LogP) is 6.34. The maximum absolute atomic E-state index is 12.9. The fourth-order valence-corrected chi connectivity index (χ4v) is 3.29. The molecule has 1 aliphatic carbocycles. The lowest BCUT2D eigenvalue weighted by Crippen LogP contribution is -2.43. The summed E-state index contributed by atoms with van der Waals surface area (Å²) < 4.78 is 5.67. The van der Waals surface area contributed by atoms with Gasteiger partial charge >= 0.3 is 6.09 Å². The Morgan fingerprint density at radius 1 is 1.19 bits per heavy atom. The van der Waals surface area contributed by atoms with Gasteiger partial charge in [0.15, 0.2) is 0 Å². The standard InChI is InChI=1S/C27H42N2O3/c1-7-8-9-10-11-15-19-28(6)20-16-21-29(26(31)32-27(3,4)5)23(2)22-24-17-13-12-14-18-25(24)30/h7-15,18,23,30H,16-17,19-22H2,1-6H3/b8-7-,10-9-,15-11+/t23-/m0/s1. The van der Waals surface area contributed by atoms with Crippen molar-refractivity contribution in [2.75, 3.05) is 26.7 Å². The fourth-order valence-electron chi connectivity index (χ4n) is 3.29. The van der Waals surface area contributed by atoms with Gasteiger partial charge in [-0.15, -0.1) is 0 Å². The molecule has 0 aliphatic heterocycles. The zero-order valence-electron chi connectivity index (χ0n) is 20.8. The Kier molecular flexibility index (Phi) is 12.5. The zero-order chi connectivity index (χ0) is 24.0. The minimum atomic E-state index is -0.549. The molecule has 0 heterocycles. The summed E-state index contributed by atoms with van der Waals surface area (Å²) in [5, 5.41) is 10.3. The molecule has 1 atom stereocenters. The molecule has 5 nitrogen and oxygen atoms in total. The number of amides is 1. The first-order valence-electron chi connectivity index (χ1n) is 11.5. The van der Waals surface area contributed by atoms with Crippen LogP contribution in [0.3, 0.4) is 0 Å². The quantitative estimate of drug-likeness (QED) is 0.379.